The van der Waals surface area contributed by atoms with Crippen LogP contribution in [0.1, 0.15) is 5.56 Å². The predicted molar refractivity (Wildman–Crippen MR) is 84.0 cm³/mol. The lowest BCUT2D eigenvalue weighted by Gasteiger charge is -2.08. The molecule has 0 aliphatic heterocycles. The smallest absolute Gasteiger partial charge is 0.319 e. The van der Waals surface area contributed by atoms with Crippen molar-refractivity contribution in [1.29, 1.82) is 0 Å². The van der Waals surface area contributed by atoms with Gasteiger partial charge >= 0.3 is 6.03 Å². The normalized spacial score (nSPS) is 10.3. The van der Waals surface area contributed by atoms with Crippen LogP contribution >= 0.6 is 0 Å². The van der Waals surface area contributed by atoms with Crippen molar-refractivity contribution in [3.63, 3.8) is 0 Å². The topological polar surface area (TPSA) is 54.0 Å². The fraction of sp³-hybridized carbons (Fsp3) is 0.0588. The van der Waals surface area contributed by atoms with Gasteiger partial charge in [0.1, 0.15) is 0 Å². The van der Waals surface area contributed by atoms with E-state index in [9.17, 15) is 4.79 Å². The van der Waals surface area contributed by atoms with E-state index in [4.69, 9.17) is 0 Å². The van der Waals surface area contributed by atoms with Crippen LogP contribution in [0.2, 0.25) is 0 Å². The van der Waals surface area contributed by atoms with E-state index in [1.54, 1.807) is 12.4 Å². The molecule has 3 rings (SSSR count). The Bertz CT molecular complexity index is 756. The summed E-state index contributed by atoms with van der Waals surface area (Å²) in [6, 6.07) is 17.4. The Labute approximate surface area is 122 Å². The molecule has 0 atom stereocenters. The molecule has 2 N–H and O–H groups in total. The standard InChI is InChI=1S/C17H15N3O/c21-17(19-12-13-7-9-18-10-8-13)20-16-6-5-14-3-1-2-4-15(14)11-16/h1-11H,12H2,(H2,19,20,21). The van der Waals surface area contributed by atoms with Crippen molar-refractivity contribution in [1.82, 2.24) is 10.3 Å². The largest absolute Gasteiger partial charge is 0.334 e. The van der Waals surface area contributed by atoms with Crippen LogP contribution in [0.15, 0.2) is 67.0 Å². The zero-order valence-electron chi connectivity index (χ0n) is 11.4. The highest BCUT2D eigenvalue weighted by Crippen LogP contribution is 2.18. The molecule has 4 heteroatoms. The minimum absolute atomic E-state index is 0.220. The van der Waals surface area contributed by atoms with E-state index < -0.39 is 0 Å². The van der Waals surface area contributed by atoms with Crippen molar-refractivity contribution in [3.05, 3.63) is 72.6 Å². The van der Waals surface area contributed by atoms with Gasteiger partial charge in [-0.15, -0.1) is 0 Å². The number of hydrogen-bond donors (Lipinski definition) is 2. The summed E-state index contributed by atoms with van der Waals surface area (Å²) in [6.45, 7) is 0.474. The van der Waals surface area contributed by atoms with E-state index in [1.807, 2.05) is 54.6 Å². The third-order valence-electron chi connectivity index (χ3n) is 3.21. The van der Waals surface area contributed by atoms with Crippen molar-refractivity contribution in [3.8, 4) is 0 Å². The summed E-state index contributed by atoms with van der Waals surface area (Å²) in [4.78, 5) is 15.8. The zero-order valence-corrected chi connectivity index (χ0v) is 11.4. The minimum Gasteiger partial charge on any atom is -0.334 e. The number of rotatable bonds is 3. The van der Waals surface area contributed by atoms with Crippen molar-refractivity contribution in [2.45, 2.75) is 6.54 Å². The van der Waals surface area contributed by atoms with Gasteiger partial charge in [0.2, 0.25) is 0 Å². The second kappa shape index (κ2) is 6.05. The van der Waals surface area contributed by atoms with Gasteiger partial charge in [-0.25, -0.2) is 4.79 Å². The van der Waals surface area contributed by atoms with E-state index in [2.05, 4.69) is 15.6 Å². The fourth-order valence-electron chi connectivity index (χ4n) is 2.13. The summed E-state index contributed by atoms with van der Waals surface area (Å²) in [5, 5.41) is 7.91. The van der Waals surface area contributed by atoms with Crippen LogP contribution in [-0.2, 0) is 6.54 Å². The first-order chi connectivity index (χ1) is 10.3. The summed E-state index contributed by atoms with van der Waals surface area (Å²) in [5.41, 5.74) is 1.79. The molecular formula is C17H15N3O. The average molecular weight is 277 g/mol. The Balaban J connectivity index is 1.63. The molecule has 0 saturated carbocycles. The molecule has 2 aromatic carbocycles. The first kappa shape index (κ1) is 13.1. The summed E-state index contributed by atoms with van der Waals surface area (Å²) < 4.78 is 0. The van der Waals surface area contributed by atoms with Crippen molar-refractivity contribution in [2.24, 2.45) is 0 Å². The van der Waals surface area contributed by atoms with E-state index in [1.165, 1.54) is 0 Å². The number of anilines is 1. The highest BCUT2D eigenvalue weighted by molar-refractivity contribution is 5.93. The van der Waals surface area contributed by atoms with Crippen LogP contribution in [0, 0.1) is 0 Å². The summed E-state index contributed by atoms with van der Waals surface area (Å²) in [6.07, 6.45) is 3.41. The molecule has 21 heavy (non-hydrogen) atoms. The molecule has 0 unspecified atom stereocenters. The maximum absolute atomic E-state index is 11.9. The van der Waals surface area contributed by atoms with Crippen LogP contribution in [0.3, 0.4) is 0 Å². The van der Waals surface area contributed by atoms with Gasteiger partial charge in [0.15, 0.2) is 0 Å². The lowest BCUT2D eigenvalue weighted by Crippen LogP contribution is -2.28. The molecule has 0 fully saturated rings. The van der Waals surface area contributed by atoms with E-state index in [0.717, 1.165) is 22.0 Å². The van der Waals surface area contributed by atoms with Crippen LogP contribution < -0.4 is 10.6 Å². The number of nitrogens with one attached hydrogen (secondary N) is 2. The lowest BCUT2D eigenvalue weighted by atomic mass is 10.1. The van der Waals surface area contributed by atoms with Crippen LogP contribution in [-0.4, -0.2) is 11.0 Å². The number of nitrogens with zero attached hydrogens (tertiary/aromatic N) is 1. The molecular weight excluding hydrogens is 262 g/mol. The Kier molecular flexibility index (Phi) is 3.78. The molecule has 2 amide bonds. The number of hydrogen-bond acceptors (Lipinski definition) is 2. The third kappa shape index (κ3) is 3.36. The average Bonchev–Trinajstić information content (AvgIpc) is 2.54. The van der Waals surface area contributed by atoms with E-state index in [-0.39, 0.29) is 6.03 Å². The van der Waals surface area contributed by atoms with Crippen LogP contribution in [0.5, 0.6) is 0 Å². The van der Waals surface area contributed by atoms with Gasteiger partial charge < -0.3 is 10.6 Å². The Morgan fingerprint density at radius 2 is 1.71 bits per heavy atom. The van der Waals surface area contributed by atoms with Crippen molar-refractivity contribution >= 4 is 22.5 Å². The molecule has 0 saturated heterocycles. The number of benzene rings is 2. The van der Waals surface area contributed by atoms with Gasteiger partial charge in [0.05, 0.1) is 0 Å². The predicted octanol–water partition coefficient (Wildman–Crippen LogP) is 3.56. The van der Waals surface area contributed by atoms with Crippen LogP contribution in [0.4, 0.5) is 10.5 Å². The van der Waals surface area contributed by atoms with Gasteiger partial charge in [-0.3, -0.25) is 4.98 Å². The molecule has 1 aromatic heterocycles. The molecule has 0 spiro atoms. The summed E-state index contributed by atoms with van der Waals surface area (Å²) in [5.74, 6) is 0. The Morgan fingerprint density at radius 3 is 2.52 bits per heavy atom. The molecule has 1 heterocycles. The molecule has 104 valence electrons. The number of aromatic nitrogens is 1. The SMILES string of the molecule is O=C(NCc1ccncc1)Nc1ccc2ccccc2c1. The monoisotopic (exact) mass is 277 g/mol. The first-order valence-electron chi connectivity index (χ1n) is 6.74. The third-order valence-corrected chi connectivity index (χ3v) is 3.21. The highest BCUT2D eigenvalue weighted by Gasteiger charge is 2.02. The van der Waals surface area contributed by atoms with Gasteiger partial charge in [-0.05, 0) is 40.6 Å². The molecule has 0 aliphatic rings. The van der Waals surface area contributed by atoms with Crippen molar-refractivity contribution in [2.75, 3.05) is 5.32 Å². The number of fused-ring (bicyclic) bond motifs is 1. The fourth-order valence-corrected chi connectivity index (χ4v) is 2.13. The second-order valence-corrected chi connectivity index (χ2v) is 4.73. The molecule has 4 nitrogen and oxygen atoms in total. The van der Waals surface area contributed by atoms with Gasteiger partial charge in [0.25, 0.3) is 0 Å². The number of carbonyl (C=O) groups excluding carboxylic acids is 1. The van der Waals surface area contributed by atoms with E-state index in [0.29, 0.717) is 6.54 Å². The lowest BCUT2D eigenvalue weighted by molar-refractivity contribution is 0.251. The molecule has 3 aromatic rings. The van der Waals surface area contributed by atoms with Crippen LogP contribution in [0.25, 0.3) is 10.8 Å². The number of pyridine rings is 1. The second-order valence-electron chi connectivity index (χ2n) is 4.73. The number of urea groups is 1. The van der Waals surface area contributed by atoms with Gasteiger partial charge in [-0.2, -0.15) is 0 Å². The maximum atomic E-state index is 11.9. The van der Waals surface area contributed by atoms with E-state index >= 15 is 0 Å². The Morgan fingerprint density at radius 1 is 0.952 bits per heavy atom. The van der Waals surface area contributed by atoms with Crippen molar-refractivity contribution < 1.29 is 4.79 Å². The minimum atomic E-state index is -0.220. The first-order valence-corrected chi connectivity index (χ1v) is 6.74. The Hall–Kier alpha value is -2.88. The number of amides is 2. The summed E-state index contributed by atoms with van der Waals surface area (Å²) >= 11 is 0. The molecule has 0 radical (unpaired) electrons. The molecule has 0 aliphatic carbocycles. The number of carbonyl (C=O) groups is 1. The highest BCUT2D eigenvalue weighted by atomic mass is 16.2. The summed E-state index contributed by atoms with van der Waals surface area (Å²) in [7, 11) is 0. The van der Waals surface area contributed by atoms with Gasteiger partial charge in [0, 0.05) is 24.6 Å². The quantitative estimate of drug-likeness (QED) is 0.769. The van der Waals surface area contributed by atoms with Gasteiger partial charge in [-0.1, -0.05) is 30.3 Å². The zero-order chi connectivity index (χ0) is 14.5. The molecule has 0 bridgehead atoms. The maximum Gasteiger partial charge on any atom is 0.319 e.